The summed E-state index contributed by atoms with van der Waals surface area (Å²) in [5, 5.41) is 11.6. The van der Waals surface area contributed by atoms with Crippen LogP contribution in [0.4, 0.5) is 5.69 Å². The second kappa shape index (κ2) is 5.07. The molecule has 0 spiro atoms. The molecule has 1 N–H and O–H groups in total. The van der Waals surface area contributed by atoms with Crippen LogP contribution >= 0.6 is 11.3 Å². The maximum absolute atomic E-state index is 12.1. The van der Waals surface area contributed by atoms with Crippen molar-refractivity contribution in [3.05, 3.63) is 53.3 Å². The first-order valence-electron chi connectivity index (χ1n) is 5.77. The second-order valence-electron chi connectivity index (χ2n) is 4.03. The Morgan fingerprint density at radius 2 is 2.15 bits per heavy atom. The number of rotatable bonds is 2. The second-order valence-corrected chi connectivity index (χ2v) is 4.92. The lowest BCUT2D eigenvalue weighted by Gasteiger charge is -2.05. The maximum atomic E-state index is 12.1. The minimum absolute atomic E-state index is 0.215. The molecule has 6 heteroatoms. The number of hydrogen-bond acceptors (Lipinski definition) is 5. The molecule has 0 aliphatic heterocycles. The van der Waals surface area contributed by atoms with Crippen molar-refractivity contribution in [3.63, 3.8) is 0 Å². The summed E-state index contributed by atoms with van der Waals surface area (Å²) in [5.41, 5.74) is 3.89. The van der Waals surface area contributed by atoms with Gasteiger partial charge in [0.05, 0.1) is 15.7 Å². The molecule has 0 saturated heterocycles. The van der Waals surface area contributed by atoms with E-state index in [-0.39, 0.29) is 11.6 Å². The number of thiazole rings is 1. The summed E-state index contributed by atoms with van der Waals surface area (Å²) < 4.78 is 1.07. The van der Waals surface area contributed by atoms with E-state index in [1.165, 1.54) is 12.3 Å². The van der Waals surface area contributed by atoms with Gasteiger partial charge >= 0.3 is 0 Å². The summed E-state index contributed by atoms with van der Waals surface area (Å²) in [5.74, 6) is -0.279. The van der Waals surface area contributed by atoms with Gasteiger partial charge in [-0.2, -0.15) is 5.26 Å². The molecule has 3 aromatic rings. The maximum Gasteiger partial charge on any atom is 0.255 e. The van der Waals surface area contributed by atoms with Crippen LogP contribution in [-0.2, 0) is 0 Å². The molecular weight excluding hydrogens is 272 g/mol. The Morgan fingerprint density at radius 1 is 1.25 bits per heavy atom. The highest BCUT2D eigenvalue weighted by molar-refractivity contribution is 7.16. The Hall–Kier alpha value is -2.78. The lowest BCUT2D eigenvalue weighted by atomic mass is 10.2. The number of carbonyl (C=O) groups is 1. The molecule has 0 atom stereocenters. The van der Waals surface area contributed by atoms with E-state index >= 15 is 0 Å². The highest BCUT2D eigenvalue weighted by Crippen LogP contribution is 2.21. The Bertz CT molecular complexity index is 834. The molecule has 0 saturated carbocycles. The van der Waals surface area contributed by atoms with Gasteiger partial charge in [0.1, 0.15) is 11.8 Å². The van der Waals surface area contributed by atoms with Crippen molar-refractivity contribution in [1.29, 1.82) is 5.26 Å². The monoisotopic (exact) mass is 280 g/mol. The predicted octanol–water partition coefficient (Wildman–Crippen LogP) is 2.82. The molecule has 0 aliphatic rings. The van der Waals surface area contributed by atoms with Gasteiger partial charge in [0, 0.05) is 17.4 Å². The normalized spacial score (nSPS) is 10.2. The summed E-state index contributed by atoms with van der Waals surface area (Å²) in [6.45, 7) is 0. The largest absolute Gasteiger partial charge is 0.322 e. The molecular formula is C14H8N4OS. The number of aromatic nitrogens is 2. The fourth-order valence-electron chi connectivity index (χ4n) is 1.77. The molecule has 0 aliphatic carbocycles. The first-order chi connectivity index (χ1) is 9.76. The lowest BCUT2D eigenvalue weighted by Crippen LogP contribution is -2.12. The van der Waals surface area contributed by atoms with Gasteiger partial charge in [0.2, 0.25) is 0 Å². The number of carbonyl (C=O) groups excluding carboxylic acids is 1. The van der Waals surface area contributed by atoms with Crippen molar-refractivity contribution in [2.75, 3.05) is 5.32 Å². The topological polar surface area (TPSA) is 78.7 Å². The van der Waals surface area contributed by atoms with Gasteiger partial charge in [-0.15, -0.1) is 11.3 Å². The third-order valence-corrected chi connectivity index (χ3v) is 3.53. The summed E-state index contributed by atoms with van der Waals surface area (Å²) in [6, 6.07) is 10.5. The number of anilines is 1. The van der Waals surface area contributed by atoms with E-state index in [1.807, 2.05) is 24.3 Å². The zero-order chi connectivity index (χ0) is 13.9. The average molecular weight is 280 g/mol. The van der Waals surface area contributed by atoms with E-state index in [4.69, 9.17) is 5.26 Å². The molecule has 1 aromatic carbocycles. The molecule has 2 heterocycles. The van der Waals surface area contributed by atoms with E-state index in [1.54, 1.807) is 22.9 Å². The molecule has 0 radical (unpaired) electrons. The Labute approximate surface area is 118 Å². The zero-order valence-electron chi connectivity index (χ0n) is 10.2. The van der Waals surface area contributed by atoms with Crippen molar-refractivity contribution < 1.29 is 4.79 Å². The minimum atomic E-state index is -0.279. The number of nitrogens with zero attached hydrogens (tertiary/aromatic N) is 3. The minimum Gasteiger partial charge on any atom is -0.322 e. The van der Waals surface area contributed by atoms with Gasteiger partial charge in [-0.1, -0.05) is 0 Å². The quantitative estimate of drug-likeness (QED) is 0.782. The van der Waals surface area contributed by atoms with Crippen molar-refractivity contribution in [3.8, 4) is 6.07 Å². The number of fused-ring (bicyclic) bond motifs is 1. The van der Waals surface area contributed by atoms with Crippen LogP contribution in [0.2, 0.25) is 0 Å². The number of nitriles is 1. The fraction of sp³-hybridized carbons (Fsp3) is 0. The summed E-state index contributed by atoms with van der Waals surface area (Å²) in [7, 11) is 0. The van der Waals surface area contributed by atoms with Crippen LogP contribution in [-0.4, -0.2) is 15.9 Å². The number of nitrogens with one attached hydrogen (secondary N) is 1. The van der Waals surface area contributed by atoms with E-state index in [2.05, 4.69) is 15.3 Å². The molecule has 3 rings (SSSR count). The van der Waals surface area contributed by atoms with Gasteiger partial charge in [0.25, 0.3) is 5.91 Å². The molecule has 20 heavy (non-hydrogen) atoms. The lowest BCUT2D eigenvalue weighted by molar-refractivity contribution is 0.102. The van der Waals surface area contributed by atoms with Crippen LogP contribution in [0.3, 0.4) is 0 Å². The van der Waals surface area contributed by atoms with Gasteiger partial charge < -0.3 is 5.32 Å². The highest BCUT2D eigenvalue weighted by Gasteiger charge is 2.08. The van der Waals surface area contributed by atoms with Crippen molar-refractivity contribution in [2.45, 2.75) is 0 Å². The molecule has 0 bridgehead atoms. The predicted molar refractivity (Wildman–Crippen MR) is 76.5 cm³/mol. The molecule has 2 aromatic heterocycles. The van der Waals surface area contributed by atoms with Gasteiger partial charge in [0.15, 0.2) is 0 Å². The van der Waals surface area contributed by atoms with Crippen molar-refractivity contribution >= 4 is 33.1 Å². The molecule has 0 unspecified atom stereocenters. The number of pyridine rings is 1. The van der Waals surface area contributed by atoms with Crippen molar-refractivity contribution in [2.24, 2.45) is 0 Å². The van der Waals surface area contributed by atoms with E-state index in [0.717, 1.165) is 10.2 Å². The molecule has 0 fully saturated rings. The smallest absolute Gasteiger partial charge is 0.255 e. The average Bonchev–Trinajstić information content (AvgIpc) is 2.95. The van der Waals surface area contributed by atoms with Crippen molar-refractivity contribution in [1.82, 2.24) is 9.97 Å². The first-order valence-corrected chi connectivity index (χ1v) is 6.65. The van der Waals surface area contributed by atoms with Crippen LogP contribution in [0.15, 0.2) is 42.0 Å². The van der Waals surface area contributed by atoms with Crippen LogP contribution in [0.1, 0.15) is 16.1 Å². The van der Waals surface area contributed by atoms with E-state index in [0.29, 0.717) is 11.3 Å². The van der Waals surface area contributed by atoms with E-state index in [9.17, 15) is 4.79 Å². The third kappa shape index (κ3) is 2.35. The number of hydrogen-bond donors (Lipinski definition) is 1. The summed E-state index contributed by atoms with van der Waals surface area (Å²) in [4.78, 5) is 20.1. The molecule has 1 amide bonds. The van der Waals surface area contributed by atoms with Gasteiger partial charge in [-0.3, -0.25) is 4.79 Å². The van der Waals surface area contributed by atoms with Crippen LogP contribution in [0.25, 0.3) is 10.2 Å². The summed E-state index contributed by atoms with van der Waals surface area (Å²) in [6.07, 6.45) is 1.44. The highest BCUT2D eigenvalue weighted by atomic mass is 32.1. The van der Waals surface area contributed by atoms with Crippen LogP contribution < -0.4 is 5.32 Å². The first kappa shape index (κ1) is 12.3. The van der Waals surface area contributed by atoms with Gasteiger partial charge in [-0.05, 0) is 30.3 Å². The van der Waals surface area contributed by atoms with E-state index < -0.39 is 0 Å². The van der Waals surface area contributed by atoms with Gasteiger partial charge in [-0.25, -0.2) is 9.97 Å². The Morgan fingerprint density at radius 3 is 3.00 bits per heavy atom. The van der Waals surface area contributed by atoms with Crippen LogP contribution in [0, 0.1) is 11.3 Å². The van der Waals surface area contributed by atoms with Crippen LogP contribution in [0.5, 0.6) is 0 Å². The standard InChI is InChI=1S/C14H8N4OS/c15-7-11-5-9(3-4-16-11)14(19)18-10-1-2-13-12(6-10)17-8-20-13/h1-6,8H,(H,18,19). The number of benzene rings is 1. The Kier molecular flexibility index (Phi) is 3.11. The Balaban J connectivity index is 1.86. The summed E-state index contributed by atoms with van der Waals surface area (Å²) >= 11 is 1.55. The molecule has 5 nitrogen and oxygen atoms in total. The SMILES string of the molecule is N#Cc1cc(C(=O)Nc2ccc3scnc3c2)ccn1. The zero-order valence-corrected chi connectivity index (χ0v) is 11.0. The third-order valence-electron chi connectivity index (χ3n) is 2.72. The molecule has 96 valence electrons. The fourth-order valence-corrected chi connectivity index (χ4v) is 2.43. The number of amides is 1.